The van der Waals surface area contributed by atoms with Crippen LogP contribution >= 0.6 is 0 Å². The average Bonchev–Trinajstić information content (AvgIpc) is 2.34. The standard InChI is InChI=1S/C15H30O4Si/c1-7-8-16-9-10-17-11-12-18-13-14-19-20(5,6)15(2,3)4/h1H,8-14H2,2-6H3. The van der Waals surface area contributed by atoms with Crippen molar-refractivity contribution in [3.63, 3.8) is 0 Å². The summed E-state index contributed by atoms with van der Waals surface area (Å²) < 4.78 is 21.9. The van der Waals surface area contributed by atoms with E-state index in [9.17, 15) is 0 Å². The molecule has 0 aliphatic rings. The molecule has 0 aromatic carbocycles. The fraction of sp³-hybridized carbons (Fsp3) is 0.867. The minimum atomic E-state index is -1.64. The van der Waals surface area contributed by atoms with Crippen molar-refractivity contribution in [2.75, 3.05) is 46.2 Å². The van der Waals surface area contributed by atoms with Crippen molar-refractivity contribution in [2.24, 2.45) is 0 Å². The van der Waals surface area contributed by atoms with Crippen LogP contribution in [0.4, 0.5) is 0 Å². The number of hydrogen-bond acceptors (Lipinski definition) is 4. The highest BCUT2D eigenvalue weighted by Gasteiger charge is 2.36. The van der Waals surface area contributed by atoms with Crippen LogP contribution in [0.25, 0.3) is 0 Å². The molecule has 0 unspecified atom stereocenters. The molecule has 0 atom stereocenters. The molecule has 5 heteroatoms. The van der Waals surface area contributed by atoms with Crippen LogP contribution in [0.1, 0.15) is 20.8 Å². The smallest absolute Gasteiger partial charge is 0.192 e. The normalized spacial score (nSPS) is 12.4. The van der Waals surface area contributed by atoms with Gasteiger partial charge < -0.3 is 18.6 Å². The van der Waals surface area contributed by atoms with E-state index in [1.54, 1.807) is 0 Å². The maximum atomic E-state index is 6.00. The monoisotopic (exact) mass is 302 g/mol. The van der Waals surface area contributed by atoms with Crippen LogP contribution in [0.15, 0.2) is 0 Å². The van der Waals surface area contributed by atoms with Crippen molar-refractivity contribution in [3.05, 3.63) is 0 Å². The lowest BCUT2D eigenvalue weighted by molar-refractivity contribution is 0.0132. The quantitative estimate of drug-likeness (QED) is 0.334. The lowest BCUT2D eigenvalue weighted by Crippen LogP contribution is -2.41. The van der Waals surface area contributed by atoms with Crippen LogP contribution < -0.4 is 0 Å². The Bertz CT molecular complexity index is 279. The van der Waals surface area contributed by atoms with Crippen LogP contribution in [0.2, 0.25) is 18.1 Å². The van der Waals surface area contributed by atoms with Gasteiger partial charge in [0.15, 0.2) is 8.32 Å². The summed E-state index contributed by atoms with van der Waals surface area (Å²) in [5.74, 6) is 2.40. The van der Waals surface area contributed by atoms with Crippen LogP contribution in [-0.2, 0) is 18.6 Å². The van der Waals surface area contributed by atoms with Crippen molar-refractivity contribution < 1.29 is 18.6 Å². The van der Waals surface area contributed by atoms with Gasteiger partial charge in [0.25, 0.3) is 0 Å². The molecule has 0 aliphatic heterocycles. The van der Waals surface area contributed by atoms with Gasteiger partial charge in [-0.05, 0) is 18.1 Å². The predicted molar refractivity (Wildman–Crippen MR) is 84.4 cm³/mol. The summed E-state index contributed by atoms with van der Waals surface area (Å²) >= 11 is 0. The molecule has 0 aromatic rings. The molecule has 0 spiro atoms. The summed E-state index contributed by atoms with van der Waals surface area (Å²) in [6, 6.07) is 0. The Morgan fingerprint density at radius 2 is 1.30 bits per heavy atom. The van der Waals surface area contributed by atoms with E-state index in [0.717, 1.165) is 0 Å². The molecule has 0 saturated heterocycles. The zero-order valence-corrected chi connectivity index (χ0v) is 14.7. The summed E-state index contributed by atoms with van der Waals surface area (Å²) in [5.41, 5.74) is 0. The van der Waals surface area contributed by atoms with E-state index in [1.807, 2.05) is 0 Å². The third-order valence-electron chi connectivity index (χ3n) is 3.43. The summed E-state index contributed by atoms with van der Waals surface area (Å²) in [7, 11) is -1.64. The van der Waals surface area contributed by atoms with Gasteiger partial charge in [0.2, 0.25) is 0 Å². The molecule has 0 bridgehead atoms. The van der Waals surface area contributed by atoms with Crippen molar-refractivity contribution in [3.8, 4) is 12.3 Å². The number of ether oxygens (including phenoxy) is 3. The SMILES string of the molecule is C#CCOCCOCCOCCO[Si](C)(C)C(C)(C)C. The summed E-state index contributed by atoms with van der Waals surface area (Å²) in [6.07, 6.45) is 5.05. The predicted octanol–water partition coefficient (Wildman–Crippen LogP) is 2.69. The highest BCUT2D eigenvalue weighted by atomic mass is 28.4. The Hall–Kier alpha value is -0.383. The Morgan fingerprint density at radius 3 is 1.75 bits per heavy atom. The molecular formula is C15H30O4Si. The van der Waals surface area contributed by atoms with Crippen LogP contribution in [-0.4, -0.2) is 54.6 Å². The fourth-order valence-corrected chi connectivity index (χ4v) is 2.17. The third kappa shape index (κ3) is 9.51. The van der Waals surface area contributed by atoms with E-state index in [2.05, 4.69) is 39.8 Å². The number of rotatable bonds is 11. The van der Waals surface area contributed by atoms with Gasteiger partial charge in [0, 0.05) is 0 Å². The van der Waals surface area contributed by atoms with E-state index < -0.39 is 8.32 Å². The van der Waals surface area contributed by atoms with Crippen molar-refractivity contribution in [1.82, 2.24) is 0 Å². The van der Waals surface area contributed by atoms with Crippen molar-refractivity contribution >= 4 is 8.32 Å². The van der Waals surface area contributed by atoms with Gasteiger partial charge in [-0.25, -0.2) is 0 Å². The lowest BCUT2D eigenvalue weighted by Gasteiger charge is -2.36. The largest absolute Gasteiger partial charge is 0.414 e. The third-order valence-corrected chi connectivity index (χ3v) is 7.96. The first-order chi connectivity index (χ1) is 9.31. The van der Waals surface area contributed by atoms with Gasteiger partial charge in [0.05, 0.1) is 39.6 Å². The van der Waals surface area contributed by atoms with E-state index in [0.29, 0.717) is 46.2 Å². The van der Waals surface area contributed by atoms with Crippen molar-refractivity contribution in [2.45, 2.75) is 38.9 Å². The number of terminal acetylenes is 1. The molecular weight excluding hydrogens is 272 g/mol. The molecule has 118 valence electrons. The average molecular weight is 302 g/mol. The highest BCUT2D eigenvalue weighted by Crippen LogP contribution is 2.36. The second-order valence-corrected chi connectivity index (χ2v) is 10.9. The van der Waals surface area contributed by atoms with Gasteiger partial charge >= 0.3 is 0 Å². The molecule has 0 amide bonds. The second kappa shape index (κ2) is 10.4. The van der Waals surface area contributed by atoms with E-state index in [-0.39, 0.29) is 5.04 Å². The zero-order chi connectivity index (χ0) is 15.5. The highest BCUT2D eigenvalue weighted by molar-refractivity contribution is 6.74. The first-order valence-electron chi connectivity index (χ1n) is 7.12. The molecule has 0 radical (unpaired) electrons. The minimum absolute atomic E-state index is 0.245. The van der Waals surface area contributed by atoms with E-state index >= 15 is 0 Å². The molecule has 20 heavy (non-hydrogen) atoms. The Kier molecular flexibility index (Phi) is 10.2. The van der Waals surface area contributed by atoms with Gasteiger partial charge in [0.1, 0.15) is 6.61 Å². The fourth-order valence-electron chi connectivity index (χ4n) is 1.14. The van der Waals surface area contributed by atoms with Gasteiger partial charge in [-0.2, -0.15) is 0 Å². The summed E-state index contributed by atoms with van der Waals surface area (Å²) in [5, 5.41) is 0.245. The van der Waals surface area contributed by atoms with E-state index in [1.165, 1.54) is 0 Å². The van der Waals surface area contributed by atoms with Crippen LogP contribution in [0.5, 0.6) is 0 Å². The molecule has 0 rings (SSSR count). The zero-order valence-electron chi connectivity index (χ0n) is 13.7. The van der Waals surface area contributed by atoms with Crippen LogP contribution in [0.3, 0.4) is 0 Å². The molecule has 0 aliphatic carbocycles. The van der Waals surface area contributed by atoms with Gasteiger partial charge in [-0.1, -0.05) is 26.7 Å². The first-order valence-corrected chi connectivity index (χ1v) is 10.0. The molecule has 0 heterocycles. The Morgan fingerprint density at radius 1 is 0.850 bits per heavy atom. The van der Waals surface area contributed by atoms with Gasteiger partial charge in [-0.15, -0.1) is 6.42 Å². The minimum Gasteiger partial charge on any atom is -0.414 e. The number of hydrogen-bond donors (Lipinski definition) is 0. The Labute approximate surface area is 125 Å². The van der Waals surface area contributed by atoms with Crippen molar-refractivity contribution in [1.29, 1.82) is 0 Å². The van der Waals surface area contributed by atoms with Gasteiger partial charge in [-0.3, -0.25) is 0 Å². The molecule has 0 N–H and O–H groups in total. The summed E-state index contributed by atoms with van der Waals surface area (Å²) in [4.78, 5) is 0. The molecule has 4 nitrogen and oxygen atoms in total. The first kappa shape index (κ1) is 19.6. The summed E-state index contributed by atoms with van der Waals surface area (Å²) in [6.45, 7) is 15.0. The maximum absolute atomic E-state index is 6.00. The van der Waals surface area contributed by atoms with E-state index in [4.69, 9.17) is 25.1 Å². The topological polar surface area (TPSA) is 36.9 Å². The second-order valence-electron chi connectivity index (χ2n) is 6.09. The molecule has 0 saturated carbocycles. The molecule has 0 aromatic heterocycles. The maximum Gasteiger partial charge on any atom is 0.192 e. The van der Waals surface area contributed by atoms with Crippen LogP contribution in [0, 0.1) is 12.3 Å². The molecule has 0 fully saturated rings. The Balaban J connectivity index is 3.36. The lowest BCUT2D eigenvalue weighted by atomic mass is 10.2.